The van der Waals surface area contributed by atoms with Gasteiger partial charge in [0.2, 0.25) is 0 Å². The van der Waals surface area contributed by atoms with Gasteiger partial charge >= 0.3 is 12.1 Å². The molecule has 0 aromatic heterocycles. The van der Waals surface area contributed by atoms with Crippen LogP contribution in [0.25, 0.3) is 0 Å². The molecule has 2 aliphatic rings. The molecule has 0 spiro atoms. The van der Waals surface area contributed by atoms with Gasteiger partial charge in [0.05, 0.1) is 0 Å². The number of hydrogen-bond donors (Lipinski definition) is 1. The Bertz CT molecular complexity index is 304. The lowest BCUT2D eigenvalue weighted by atomic mass is 9.82. The van der Waals surface area contributed by atoms with Gasteiger partial charge in [0, 0.05) is 25.4 Å². The number of ether oxygens (including phenoxy) is 1. The van der Waals surface area contributed by atoms with Crippen LogP contribution >= 0.6 is 0 Å². The first-order valence-corrected chi connectivity index (χ1v) is 5.76. The minimum atomic E-state index is -0.851. The molecule has 1 N–H and O–H groups in total. The number of carboxylic acid groups (broad SMARTS) is 1. The van der Waals surface area contributed by atoms with Crippen LogP contribution in [-0.4, -0.2) is 40.8 Å². The molecule has 0 aromatic carbocycles. The molecule has 1 saturated heterocycles. The predicted octanol–water partition coefficient (Wildman–Crippen LogP) is 1.47. The van der Waals surface area contributed by atoms with Crippen LogP contribution < -0.4 is 0 Å². The summed E-state index contributed by atoms with van der Waals surface area (Å²) >= 11 is 0. The molecule has 0 aromatic rings. The molecule has 5 nitrogen and oxygen atoms in total. The third-order valence-electron chi connectivity index (χ3n) is 3.63. The van der Waals surface area contributed by atoms with Crippen molar-refractivity contribution in [1.82, 2.24) is 4.90 Å². The van der Waals surface area contributed by atoms with Gasteiger partial charge in [-0.3, -0.25) is 4.79 Å². The molecule has 2 rings (SSSR count). The molecule has 1 saturated carbocycles. The van der Waals surface area contributed by atoms with Crippen LogP contribution in [0.4, 0.5) is 4.79 Å². The van der Waals surface area contributed by atoms with Gasteiger partial charge in [-0.25, -0.2) is 4.79 Å². The van der Waals surface area contributed by atoms with Crippen molar-refractivity contribution in [3.05, 3.63) is 0 Å². The van der Waals surface area contributed by atoms with Gasteiger partial charge in [0.1, 0.15) is 6.10 Å². The number of rotatable bonds is 1. The molecule has 16 heavy (non-hydrogen) atoms. The highest BCUT2D eigenvalue weighted by molar-refractivity contribution is 5.67. The fourth-order valence-corrected chi connectivity index (χ4v) is 3.02. The summed E-state index contributed by atoms with van der Waals surface area (Å²) < 4.78 is 5.27. The summed E-state index contributed by atoms with van der Waals surface area (Å²) in [5.41, 5.74) is 0. The van der Waals surface area contributed by atoms with Gasteiger partial charge in [-0.05, 0) is 25.7 Å². The molecule has 1 aliphatic heterocycles. The van der Waals surface area contributed by atoms with Gasteiger partial charge in [-0.15, -0.1) is 0 Å². The number of carbonyl (C=O) groups excluding carboxylic acids is 1. The smallest absolute Gasteiger partial charge is 0.407 e. The highest BCUT2D eigenvalue weighted by Gasteiger charge is 2.44. The molecular formula is C11H17NO4. The van der Waals surface area contributed by atoms with Crippen LogP contribution in [0.3, 0.4) is 0 Å². The first kappa shape index (κ1) is 11.2. The standard InChI is InChI=1S/C11H17NO4/c1-7(13)16-10-4-2-3-9-8(10)5-6-12(9)11(14)15/h8-10H,2-6H2,1H3,(H,14,15)/t8-,9-,10+/m0/s1. The summed E-state index contributed by atoms with van der Waals surface area (Å²) in [6, 6.07) is 0.0515. The number of fused-ring (bicyclic) bond motifs is 1. The highest BCUT2D eigenvalue weighted by atomic mass is 16.5. The maximum atomic E-state index is 11.0. The zero-order valence-corrected chi connectivity index (χ0v) is 9.39. The van der Waals surface area contributed by atoms with E-state index < -0.39 is 6.09 Å². The van der Waals surface area contributed by atoms with E-state index in [2.05, 4.69) is 0 Å². The molecule has 5 heteroatoms. The van der Waals surface area contributed by atoms with Crippen LogP contribution in [0.5, 0.6) is 0 Å². The fraction of sp³-hybridized carbons (Fsp3) is 0.818. The van der Waals surface area contributed by atoms with Crippen LogP contribution in [0, 0.1) is 5.92 Å². The van der Waals surface area contributed by atoms with Gasteiger partial charge in [-0.2, -0.15) is 0 Å². The molecule has 90 valence electrons. The summed E-state index contributed by atoms with van der Waals surface area (Å²) in [5, 5.41) is 9.04. The van der Waals surface area contributed by atoms with E-state index >= 15 is 0 Å². The third kappa shape index (κ3) is 1.99. The minimum Gasteiger partial charge on any atom is -0.465 e. The second-order valence-electron chi connectivity index (χ2n) is 4.57. The number of amides is 1. The highest BCUT2D eigenvalue weighted by Crippen LogP contribution is 2.37. The Hall–Kier alpha value is -1.26. The molecule has 0 unspecified atom stereocenters. The molecule has 0 bridgehead atoms. The molecule has 1 aliphatic carbocycles. The number of carbonyl (C=O) groups is 2. The fourth-order valence-electron chi connectivity index (χ4n) is 3.02. The van der Waals surface area contributed by atoms with Crippen molar-refractivity contribution in [2.45, 2.75) is 44.8 Å². The van der Waals surface area contributed by atoms with E-state index in [1.54, 1.807) is 0 Å². The summed E-state index contributed by atoms with van der Waals surface area (Å²) in [6.07, 6.45) is 2.58. The van der Waals surface area contributed by atoms with E-state index in [0.29, 0.717) is 6.54 Å². The van der Waals surface area contributed by atoms with Crippen molar-refractivity contribution in [3.8, 4) is 0 Å². The second kappa shape index (κ2) is 4.31. The van der Waals surface area contributed by atoms with Crippen molar-refractivity contribution < 1.29 is 19.4 Å². The summed E-state index contributed by atoms with van der Waals surface area (Å²) in [5.74, 6) is -0.0619. The van der Waals surface area contributed by atoms with Gasteiger partial charge < -0.3 is 14.7 Å². The average Bonchev–Trinajstić information content (AvgIpc) is 2.61. The SMILES string of the molecule is CC(=O)O[C@@H]1CCC[C@H]2[C@@H]1CCN2C(=O)O. The van der Waals surface area contributed by atoms with Crippen molar-refractivity contribution in [2.24, 2.45) is 5.92 Å². The van der Waals surface area contributed by atoms with E-state index in [0.717, 1.165) is 25.7 Å². The Morgan fingerprint density at radius 1 is 1.31 bits per heavy atom. The lowest BCUT2D eigenvalue weighted by molar-refractivity contribution is -0.151. The zero-order valence-electron chi connectivity index (χ0n) is 9.39. The molecule has 2 fully saturated rings. The maximum Gasteiger partial charge on any atom is 0.407 e. The molecular weight excluding hydrogens is 210 g/mol. The van der Waals surface area contributed by atoms with E-state index in [-0.39, 0.29) is 24.0 Å². The molecule has 1 amide bonds. The van der Waals surface area contributed by atoms with E-state index in [1.807, 2.05) is 0 Å². The molecule has 3 atom stereocenters. The van der Waals surface area contributed by atoms with Crippen LogP contribution in [-0.2, 0) is 9.53 Å². The quantitative estimate of drug-likeness (QED) is 0.689. The van der Waals surface area contributed by atoms with Crippen molar-refractivity contribution >= 4 is 12.1 Å². The van der Waals surface area contributed by atoms with Gasteiger partial charge in [-0.1, -0.05) is 0 Å². The number of esters is 1. The van der Waals surface area contributed by atoms with Crippen LogP contribution in [0.1, 0.15) is 32.6 Å². The maximum absolute atomic E-state index is 11.0. The largest absolute Gasteiger partial charge is 0.465 e. The predicted molar refractivity (Wildman–Crippen MR) is 56.0 cm³/mol. The Balaban J connectivity index is 2.06. The van der Waals surface area contributed by atoms with Crippen LogP contribution in [0.2, 0.25) is 0 Å². The summed E-state index contributed by atoms with van der Waals surface area (Å²) in [4.78, 5) is 23.5. The Labute approximate surface area is 94.4 Å². The Morgan fingerprint density at radius 3 is 2.69 bits per heavy atom. The Morgan fingerprint density at radius 2 is 2.06 bits per heavy atom. The Kier molecular flexibility index (Phi) is 3.03. The molecule has 0 radical (unpaired) electrons. The second-order valence-corrected chi connectivity index (χ2v) is 4.57. The first-order chi connectivity index (χ1) is 7.59. The lowest BCUT2D eigenvalue weighted by Gasteiger charge is -2.35. The van der Waals surface area contributed by atoms with Gasteiger partial charge in [0.15, 0.2) is 0 Å². The number of hydrogen-bond acceptors (Lipinski definition) is 3. The van der Waals surface area contributed by atoms with Crippen molar-refractivity contribution in [2.75, 3.05) is 6.54 Å². The third-order valence-corrected chi connectivity index (χ3v) is 3.63. The minimum absolute atomic E-state index is 0.0515. The summed E-state index contributed by atoms with van der Waals surface area (Å²) in [6.45, 7) is 1.98. The van der Waals surface area contributed by atoms with Crippen molar-refractivity contribution in [3.63, 3.8) is 0 Å². The van der Waals surface area contributed by atoms with Gasteiger partial charge in [0.25, 0.3) is 0 Å². The lowest BCUT2D eigenvalue weighted by Crippen LogP contribution is -2.43. The van der Waals surface area contributed by atoms with E-state index in [4.69, 9.17) is 9.84 Å². The molecule has 1 heterocycles. The average molecular weight is 227 g/mol. The topological polar surface area (TPSA) is 66.8 Å². The first-order valence-electron chi connectivity index (χ1n) is 5.76. The van der Waals surface area contributed by atoms with E-state index in [9.17, 15) is 9.59 Å². The number of nitrogens with zero attached hydrogens (tertiary/aromatic N) is 1. The summed E-state index contributed by atoms with van der Waals surface area (Å²) in [7, 11) is 0. The normalized spacial score (nSPS) is 33.3. The van der Waals surface area contributed by atoms with Crippen molar-refractivity contribution in [1.29, 1.82) is 0 Å². The zero-order chi connectivity index (χ0) is 11.7. The number of likely N-dealkylation sites (tertiary alicyclic amines) is 1. The van der Waals surface area contributed by atoms with E-state index in [1.165, 1.54) is 11.8 Å². The monoisotopic (exact) mass is 227 g/mol. The van der Waals surface area contributed by atoms with Crippen LogP contribution in [0.15, 0.2) is 0 Å².